The van der Waals surface area contributed by atoms with E-state index in [1.165, 1.54) is 18.2 Å². The Morgan fingerprint density at radius 3 is 2.60 bits per heavy atom. The number of nitriles is 1. The lowest BCUT2D eigenvalue weighted by Gasteiger charge is -2.33. The molecule has 1 aliphatic carbocycles. The first-order chi connectivity index (χ1) is 14.2. The summed E-state index contributed by atoms with van der Waals surface area (Å²) in [5.41, 5.74) is 6.24. The summed E-state index contributed by atoms with van der Waals surface area (Å²) < 4.78 is 41.0. The number of halogens is 3. The van der Waals surface area contributed by atoms with E-state index in [0.29, 0.717) is 5.56 Å². The fraction of sp³-hybridized carbons (Fsp3) is 0.455. The van der Waals surface area contributed by atoms with Crippen molar-refractivity contribution >= 4 is 5.91 Å². The Morgan fingerprint density at radius 2 is 2.03 bits per heavy atom. The van der Waals surface area contributed by atoms with Crippen molar-refractivity contribution in [1.82, 2.24) is 4.90 Å². The average Bonchev–Trinajstić information content (AvgIpc) is 2.72. The predicted molar refractivity (Wildman–Crippen MR) is 105 cm³/mol. The van der Waals surface area contributed by atoms with Gasteiger partial charge in [-0.25, -0.2) is 0 Å². The van der Waals surface area contributed by atoms with Crippen LogP contribution in [0.15, 0.2) is 48.3 Å². The van der Waals surface area contributed by atoms with Crippen LogP contribution in [0.2, 0.25) is 0 Å². The van der Waals surface area contributed by atoms with Gasteiger partial charge in [0.05, 0.1) is 12.1 Å². The SMILES string of the molecule is N#C[C@]1(c2ccc(CCN3CCCCC3C(N)=O)cc2)C=CC(OC(F)(F)F)=CC1. The molecule has 0 aromatic heterocycles. The van der Waals surface area contributed by atoms with Gasteiger partial charge < -0.3 is 10.5 Å². The van der Waals surface area contributed by atoms with E-state index >= 15 is 0 Å². The van der Waals surface area contributed by atoms with E-state index in [4.69, 9.17) is 5.73 Å². The van der Waals surface area contributed by atoms with Crippen molar-refractivity contribution in [3.05, 3.63) is 59.4 Å². The zero-order valence-electron chi connectivity index (χ0n) is 16.5. The average molecular weight is 419 g/mol. The van der Waals surface area contributed by atoms with Crippen molar-refractivity contribution in [2.24, 2.45) is 5.73 Å². The molecule has 1 aliphatic heterocycles. The van der Waals surface area contributed by atoms with Crippen LogP contribution in [0.4, 0.5) is 13.2 Å². The molecule has 5 nitrogen and oxygen atoms in total. The zero-order chi connectivity index (χ0) is 21.8. The second-order valence-corrected chi connectivity index (χ2v) is 7.67. The van der Waals surface area contributed by atoms with E-state index in [1.54, 1.807) is 0 Å². The molecule has 1 aromatic rings. The van der Waals surface area contributed by atoms with Crippen molar-refractivity contribution in [1.29, 1.82) is 5.26 Å². The van der Waals surface area contributed by atoms with Gasteiger partial charge in [0.2, 0.25) is 5.91 Å². The minimum absolute atomic E-state index is 0.0961. The Hall–Kier alpha value is -2.79. The molecule has 2 aliphatic rings. The van der Waals surface area contributed by atoms with Crippen LogP contribution in [0.25, 0.3) is 0 Å². The maximum atomic E-state index is 12.4. The van der Waals surface area contributed by atoms with Crippen LogP contribution < -0.4 is 5.73 Å². The quantitative estimate of drug-likeness (QED) is 0.762. The molecule has 1 heterocycles. The fourth-order valence-corrected chi connectivity index (χ4v) is 4.02. The number of rotatable bonds is 6. The molecule has 0 spiro atoms. The number of carbonyl (C=O) groups excluding carboxylic acids is 1. The van der Waals surface area contributed by atoms with Gasteiger partial charge in [-0.1, -0.05) is 36.8 Å². The molecule has 1 aromatic carbocycles. The number of benzene rings is 1. The molecule has 0 bridgehead atoms. The van der Waals surface area contributed by atoms with Crippen LogP contribution in [-0.2, 0) is 21.4 Å². The second kappa shape index (κ2) is 8.92. The molecule has 30 heavy (non-hydrogen) atoms. The summed E-state index contributed by atoms with van der Waals surface area (Å²) in [6.45, 7) is 1.57. The van der Waals surface area contributed by atoms with Crippen molar-refractivity contribution < 1.29 is 22.7 Å². The van der Waals surface area contributed by atoms with Crippen molar-refractivity contribution in [3.63, 3.8) is 0 Å². The summed E-state index contributed by atoms with van der Waals surface area (Å²) in [5.74, 6) is -0.595. The minimum atomic E-state index is -4.76. The maximum absolute atomic E-state index is 12.4. The van der Waals surface area contributed by atoms with Gasteiger partial charge in [-0.05, 0) is 55.5 Å². The molecular formula is C22H24F3N3O2. The summed E-state index contributed by atoms with van der Waals surface area (Å²) in [6, 6.07) is 9.48. The molecule has 1 unspecified atom stereocenters. The summed E-state index contributed by atoms with van der Waals surface area (Å²) >= 11 is 0. The van der Waals surface area contributed by atoms with Gasteiger partial charge in [0, 0.05) is 6.54 Å². The van der Waals surface area contributed by atoms with Crippen molar-refractivity contribution in [3.8, 4) is 6.07 Å². The number of nitrogens with two attached hydrogens (primary N) is 1. The van der Waals surface area contributed by atoms with Crippen LogP contribution in [0.1, 0.15) is 36.8 Å². The topological polar surface area (TPSA) is 79.4 Å². The monoisotopic (exact) mass is 419 g/mol. The number of nitrogens with zero attached hydrogens (tertiary/aromatic N) is 2. The van der Waals surface area contributed by atoms with Gasteiger partial charge in [-0.15, -0.1) is 13.2 Å². The Kier molecular flexibility index (Phi) is 6.52. The number of piperidine rings is 1. The Balaban J connectivity index is 1.64. The molecule has 160 valence electrons. The second-order valence-electron chi connectivity index (χ2n) is 7.67. The molecule has 0 radical (unpaired) electrons. The molecule has 3 rings (SSSR count). The van der Waals surface area contributed by atoms with Crippen molar-refractivity contribution in [2.45, 2.75) is 49.9 Å². The molecule has 8 heteroatoms. The summed E-state index contributed by atoms with van der Waals surface area (Å²) in [4.78, 5) is 13.8. The lowest BCUT2D eigenvalue weighted by molar-refractivity contribution is -0.303. The van der Waals surface area contributed by atoms with Gasteiger partial charge in [-0.2, -0.15) is 5.26 Å². The first-order valence-electron chi connectivity index (χ1n) is 9.92. The predicted octanol–water partition coefficient (Wildman–Crippen LogP) is 3.71. The summed E-state index contributed by atoms with van der Waals surface area (Å²) in [5, 5.41) is 9.69. The molecular weight excluding hydrogens is 395 g/mol. The molecule has 2 N–H and O–H groups in total. The smallest absolute Gasteiger partial charge is 0.406 e. The molecule has 2 atom stereocenters. The number of alkyl halides is 3. The van der Waals surface area contributed by atoms with E-state index in [1.807, 2.05) is 24.3 Å². The lowest BCUT2D eigenvalue weighted by atomic mass is 9.76. The first kappa shape index (κ1) is 21.9. The standard InChI is InChI=1S/C22H24F3N3O2/c23-22(24,25)30-18-8-11-21(15-26,12-9-18)17-6-4-16(5-7-17)10-14-28-13-2-1-3-19(28)20(27)29/h4-9,11,19H,1-3,10,12-14H2,(H2,27,29)/t19?,21-/m0/s1. The number of allylic oxidation sites excluding steroid dienone is 3. The third-order valence-electron chi connectivity index (χ3n) is 5.69. The van der Waals surface area contributed by atoms with E-state index in [0.717, 1.165) is 44.3 Å². The molecule has 1 fully saturated rings. The van der Waals surface area contributed by atoms with Gasteiger partial charge in [0.15, 0.2) is 0 Å². The molecule has 1 saturated heterocycles. The van der Waals surface area contributed by atoms with E-state index in [-0.39, 0.29) is 24.1 Å². The van der Waals surface area contributed by atoms with Crippen LogP contribution in [-0.4, -0.2) is 36.3 Å². The van der Waals surface area contributed by atoms with E-state index in [2.05, 4.69) is 15.7 Å². The zero-order valence-corrected chi connectivity index (χ0v) is 16.5. The van der Waals surface area contributed by atoms with Crippen molar-refractivity contribution in [2.75, 3.05) is 13.1 Å². The highest BCUT2D eigenvalue weighted by Crippen LogP contribution is 2.35. The molecule has 1 amide bonds. The number of hydrogen-bond acceptors (Lipinski definition) is 4. The fourth-order valence-electron chi connectivity index (χ4n) is 4.02. The van der Waals surface area contributed by atoms with Gasteiger partial charge in [-0.3, -0.25) is 9.69 Å². The third kappa shape index (κ3) is 5.22. The van der Waals surface area contributed by atoms with Crippen LogP contribution in [0.5, 0.6) is 0 Å². The Bertz CT molecular complexity index is 871. The van der Waals surface area contributed by atoms with Crippen LogP contribution >= 0.6 is 0 Å². The highest BCUT2D eigenvalue weighted by molar-refractivity contribution is 5.79. The van der Waals surface area contributed by atoms with Gasteiger partial charge in [0.1, 0.15) is 11.2 Å². The van der Waals surface area contributed by atoms with Gasteiger partial charge in [0.25, 0.3) is 0 Å². The highest BCUT2D eigenvalue weighted by Gasteiger charge is 2.35. The number of likely N-dealkylation sites (tertiary alicyclic amines) is 1. The highest BCUT2D eigenvalue weighted by atomic mass is 19.4. The molecule has 0 saturated carbocycles. The minimum Gasteiger partial charge on any atom is -0.406 e. The Labute approximate surface area is 173 Å². The maximum Gasteiger partial charge on any atom is 0.573 e. The van der Waals surface area contributed by atoms with E-state index < -0.39 is 11.8 Å². The van der Waals surface area contributed by atoms with Crippen LogP contribution in [0.3, 0.4) is 0 Å². The normalized spacial score (nSPS) is 24.7. The lowest BCUT2D eigenvalue weighted by Crippen LogP contribution is -2.48. The number of amides is 1. The number of carbonyl (C=O) groups is 1. The third-order valence-corrected chi connectivity index (χ3v) is 5.69. The van der Waals surface area contributed by atoms with Crippen LogP contribution in [0, 0.1) is 11.3 Å². The number of ether oxygens (including phenoxy) is 1. The number of hydrogen-bond donors (Lipinski definition) is 1. The summed E-state index contributed by atoms with van der Waals surface area (Å²) in [6.07, 6.45) is 2.85. The van der Waals surface area contributed by atoms with Gasteiger partial charge >= 0.3 is 6.36 Å². The Morgan fingerprint density at radius 1 is 1.30 bits per heavy atom. The summed E-state index contributed by atoms with van der Waals surface area (Å²) in [7, 11) is 0. The first-order valence-corrected chi connectivity index (χ1v) is 9.92. The number of primary amides is 1. The largest absolute Gasteiger partial charge is 0.573 e. The van der Waals surface area contributed by atoms with E-state index in [9.17, 15) is 23.2 Å².